The Balaban J connectivity index is 2.20. The Morgan fingerprint density at radius 1 is 1.05 bits per heavy atom. The van der Waals surface area contributed by atoms with Crippen LogP contribution in [-0.4, -0.2) is 25.0 Å². The molecule has 4 nitrogen and oxygen atoms in total. The monoisotopic (exact) mass is 310 g/mol. The number of rotatable bonds is 4. The quantitative estimate of drug-likeness (QED) is 0.679. The molecule has 0 bridgehead atoms. The average Bonchev–Trinajstić information content (AvgIpc) is 2.91. The van der Waals surface area contributed by atoms with E-state index in [0.717, 1.165) is 22.2 Å². The van der Waals surface area contributed by atoms with Crippen LogP contribution in [0.3, 0.4) is 0 Å². The lowest BCUT2D eigenvalue weighted by Crippen LogP contribution is -2.03. The van der Waals surface area contributed by atoms with Gasteiger partial charge in [-0.05, 0) is 30.7 Å². The second kappa shape index (κ2) is 6.32. The van der Waals surface area contributed by atoms with Gasteiger partial charge in [0, 0.05) is 23.2 Å². The average molecular weight is 310 g/mol. The normalized spacial score (nSPS) is 11.1. The minimum Gasteiger partial charge on any atom is -0.270 e. The summed E-state index contributed by atoms with van der Waals surface area (Å²) in [7, 11) is 0. The third-order valence-corrected chi connectivity index (χ3v) is 4.20. The molecule has 0 atom stereocenters. The summed E-state index contributed by atoms with van der Waals surface area (Å²) in [5, 5.41) is 10.2. The van der Waals surface area contributed by atoms with E-state index < -0.39 is 0 Å². The van der Waals surface area contributed by atoms with E-state index in [4.69, 9.17) is 0 Å². The molecule has 0 saturated carbocycles. The molecule has 0 aliphatic heterocycles. The van der Waals surface area contributed by atoms with Crippen molar-refractivity contribution in [1.82, 2.24) is 19.7 Å². The van der Waals surface area contributed by atoms with Crippen LogP contribution in [-0.2, 0) is 0 Å². The summed E-state index contributed by atoms with van der Waals surface area (Å²) in [6.45, 7) is 6.42. The van der Waals surface area contributed by atoms with Gasteiger partial charge in [-0.15, -0.1) is 10.2 Å². The number of pyridine rings is 1. The van der Waals surface area contributed by atoms with E-state index in [1.54, 1.807) is 18.0 Å². The van der Waals surface area contributed by atoms with Crippen LogP contribution in [0.25, 0.3) is 17.1 Å². The Bertz CT molecular complexity index is 765. The standard InChI is InChI=1S/C17H18N4S/c1-12(2)22-17-20-19-16(14-8-6-10-18-11-14)21(17)15-9-5-4-7-13(15)3/h4-12H,1-3H3. The Kier molecular flexibility index (Phi) is 4.24. The fourth-order valence-corrected chi connectivity index (χ4v) is 3.07. The third-order valence-electron chi connectivity index (χ3n) is 3.25. The summed E-state index contributed by atoms with van der Waals surface area (Å²) in [4.78, 5) is 4.20. The molecule has 2 aromatic heterocycles. The van der Waals surface area contributed by atoms with Crippen molar-refractivity contribution in [3.63, 3.8) is 0 Å². The number of benzene rings is 1. The molecule has 0 unspecified atom stereocenters. The highest BCUT2D eigenvalue weighted by molar-refractivity contribution is 7.99. The Hall–Kier alpha value is -2.14. The summed E-state index contributed by atoms with van der Waals surface area (Å²) in [5.74, 6) is 0.825. The summed E-state index contributed by atoms with van der Waals surface area (Å²) in [6.07, 6.45) is 3.59. The van der Waals surface area contributed by atoms with E-state index in [2.05, 4.69) is 52.7 Å². The second-order valence-electron chi connectivity index (χ2n) is 5.34. The van der Waals surface area contributed by atoms with Gasteiger partial charge < -0.3 is 0 Å². The number of nitrogens with zero attached hydrogens (tertiary/aromatic N) is 4. The maximum atomic E-state index is 4.41. The first-order valence-electron chi connectivity index (χ1n) is 7.25. The van der Waals surface area contributed by atoms with Crippen molar-refractivity contribution in [2.24, 2.45) is 0 Å². The highest BCUT2D eigenvalue weighted by Gasteiger charge is 2.18. The van der Waals surface area contributed by atoms with Gasteiger partial charge in [-0.1, -0.05) is 43.8 Å². The van der Waals surface area contributed by atoms with Crippen molar-refractivity contribution in [3.8, 4) is 17.1 Å². The maximum absolute atomic E-state index is 4.41. The van der Waals surface area contributed by atoms with E-state index in [9.17, 15) is 0 Å². The molecule has 0 aliphatic rings. The number of aryl methyl sites for hydroxylation is 1. The molecule has 0 saturated heterocycles. The van der Waals surface area contributed by atoms with Gasteiger partial charge >= 0.3 is 0 Å². The molecule has 1 aromatic carbocycles. The Labute approximate surface area is 134 Å². The van der Waals surface area contributed by atoms with Crippen molar-refractivity contribution >= 4 is 11.8 Å². The maximum Gasteiger partial charge on any atom is 0.196 e. The molecule has 0 spiro atoms. The molecule has 0 fully saturated rings. The minimum absolute atomic E-state index is 0.439. The number of hydrogen-bond acceptors (Lipinski definition) is 4. The van der Waals surface area contributed by atoms with Gasteiger partial charge in [0.15, 0.2) is 11.0 Å². The van der Waals surface area contributed by atoms with Gasteiger partial charge in [0.05, 0.1) is 5.69 Å². The van der Waals surface area contributed by atoms with E-state index in [0.29, 0.717) is 5.25 Å². The number of hydrogen-bond donors (Lipinski definition) is 0. The van der Waals surface area contributed by atoms with Crippen molar-refractivity contribution in [3.05, 3.63) is 54.4 Å². The fraction of sp³-hybridized carbons (Fsp3) is 0.235. The van der Waals surface area contributed by atoms with E-state index in [1.807, 2.05) is 30.5 Å². The number of para-hydroxylation sites is 1. The van der Waals surface area contributed by atoms with Crippen LogP contribution in [0, 0.1) is 6.92 Å². The largest absolute Gasteiger partial charge is 0.270 e. The first-order chi connectivity index (χ1) is 10.7. The molecular formula is C17H18N4S. The molecule has 3 rings (SSSR count). The molecular weight excluding hydrogens is 292 g/mol. The molecule has 22 heavy (non-hydrogen) atoms. The Morgan fingerprint density at radius 3 is 2.55 bits per heavy atom. The molecule has 0 amide bonds. The molecule has 112 valence electrons. The SMILES string of the molecule is Cc1ccccc1-n1c(SC(C)C)nnc1-c1cccnc1. The molecule has 2 heterocycles. The topological polar surface area (TPSA) is 43.6 Å². The summed E-state index contributed by atoms with van der Waals surface area (Å²) in [5.41, 5.74) is 3.27. The fourth-order valence-electron chi connectivity index (χ4n) is 2.27. The molecule has 0 N–H and O–H groups in total. The second-order valence-corrected chi connectivity index (χ2v) is 6.88. The zero-order chi connectivity index (χ0) is 15.5. The highest BCUT2D eigenvalue weighted by atomic mass is 32.2. The van der Waals surface area contributed by atoms with Crippen LogP contribution in [0.5, 0.6) is 0 Å². The zero-order valence-corrected chi connectivity index (χ0v) is 13.7. The zero-order valence-electron chi connectivity index (χ0n) is 12.9. The summed E-state index contributed by atoms with van der Waals surface area (Å²) >= 11 is 1.71. The van der Waals surface area contributed by atoms with Crippen LogP contribution in [0.2, 0.25) is 0 Å². The van der Waals surface area contributed by atoms with Gasteiger partial charge in [0.1, 0.15) is 0 Å². The smallest absolute Gasteiger partial charge is 0.196 e. The number of thioether (sulfide) groups is 1. The molecule has 3 aromatic rings. The predicted molar refractivity (Wildman–Crippen MR) is 90.3 cm³/mol. The lowest BCUT2D eigenvalue weighted by molar-refractivity contribution is 0.874. The number of aromatic nitrogens is 4. The lowest BCUT2D eigenvalue weighted by atomic mass is 10.2. The van der Waals surface area contributed by atoms with Gasteiger partial charge in [0.25, 0.3) is 0 Å². The van der Waals surface area contributed by atoms with Crippen molar-refractivity contribution in [2.45, 2.75) is 31.2 Å². The summed E-state index contributed by atoms with van der Waals surface area (Å²) < 4.78 is 2.12. The molecule has 0 aliphatic carbocycles. The van der Waals surface area contributed by atoms with Crippen molar-refractivity contribution in [2.75, 3.05) is 0 Å². The van der Waals surface area contributed by atoms with Crippen LogP contribution in [0.15, 0.2) is 53.9 Å². The highest BCUT2D eigenvalue weighted by Crippen LogP contribution is 2.30. The van der Waals surface area contributed by atoms with Gasteiger partial charge in [-0.2, -0.15) is 0 Å². The van der Waals surface area contributed by atoms with E-state index in [-0.39, 0.29) is 0 Å². The van der Waals surface area contributed by atoms with E-state index >= 15 is 0 Å². The van der Waals surface area contributed by atoms with Crippen molar-refractivity contribution in [1.29, 1.82) is 0 Å². The third kappa shape index (κ3) is 2.90. The Morgan fingerprint density at radius 2 is 1.86 bits per heavy atom. The summed E-state index contributed by atoms with van der Waals surface area (Å²) in [6, 6.07) is 12.2. The van der Waals surface area contributed by atoms with Crippen LogP contribution in [0.1, 0.15) is 19.4 Å². The van der Waals surface area contributed by atoms with Crippen LogP contribution < -0.4 is 0 Å². The van der Waals surface area contributed by atoms with Crippen LogP contribution in [0.4, 0.5) is 0 Å². The lowest BCUT2D eigenvalue weighted by Gasteiger charge is -2.13. The molecule has 0 radical (unpaired) electrons. The van der Waals surface area contributed by atoms with Gasteiger partial charge in [0.2, 0.25) is 0 Å². The van der Waals surface area contributed by atoms with Crippen molar-refractivity contribution < 1.29 is 0 Å². The first-order valence-corrected chi connectivity index (χ1v) is 8.13. The minimum atomic E-state index is 0.439. The van der Waals surface area contributed by atoms with E-state index in [1.165, 1.54) is 5.56 Å². The van der Waals surface area contributed by atoms with Gasteiger partial charge in [-0.25, -0.2) is 0 Å². The van der Waals surface area contributed by atoms with Crippen LogP contribution >= 0.6 is 11.8 Å². The molecule has 5 heteroatoms. The van der Waals surface area contributed by atoms with Gasteiger partial charge in [-0.3, -0.25) is 9.55 Å². The first kappa shape index (κ1) is 14.8. The predicted octanol–water partition coefficient (Wildman–Crippen LogP) is 4.14.